The summed E-state index contributed by atoms with van der Waals surface area (Å²) in [6.45, 7) is 2.77. The molecule has 7 nitrogen and oxygen atoms in total. The number of rotatable bonds is 9. The van der Waals surface area contributed by atoms with Gasteiger partial charge >= 0.3 is 5.97 Å². The van der Waals surface area contributed by atoms with Gasteiger partial charge in [0.25, 0.3) is 5.91 Å². The third-order valence-electron chi connectivity index (χ3n) is 7.64. The molecule has 2 aromatic carbocycles. The van der Waals surface area contributed by atoms with Gasteiger partial charge in [0.1, 0.15) is 12.1 Å². The second kappa shape index (κ2) is 12.2. The van der Waals surface area contributed by atoms with Crippen molar-refractivity contribution in [1.82, 2.24) is 9.55 Å². The minimum atomic E-state index is -0.948. The lowest BCUT2D eigenvalue weighted by molar-refractivity contribution is -0.115. The van der Waals surface area contributed by atoms with Crippen molar-refractivity contribution in [1.29, 1.82) is 0 Å². The fourth-order valence-corrected chi connectivity index (χ4v) is 5.47. The van der Waals surface area contributed by atoms with Gasteiger partial charge in [-0.1, -0.05) is 55.8 Å². The quantitative estimate of drug-likeness (QED) is 0.327. The Hall–Kier alpha value is -4.39. The highest BCUT2D eigenvalue weighted by Crippen LogP contribution is 2.28. The van der Waals surface area contributed by atoms with E-state index in [4.69, 9.17) is 4.98 Å². The Morgan fingerprint density at radius 3 is 2.58 bits per heavy atom. The number of carbonyl (C=O) groups excluding carboxylic acids is 2. The summed E-state index contributed by atoms with van der Waals surface area (Å²) < 4.78 is 2.23. The molecular weight excluding hydrogens is 502 g/mol. The predicted molar refractivity (Wildman–Crippen MR) is 156 cm³/mol. The number of carboxylic acids is 1. The number of imidazole rings is 1. The summed E-state index contributed by atoms with van der Waals surface area (Å²) in [5.74, 6) is -0.251. The maximum Gasteiger partial charge on any atom is 0.336 e. The molecule has 5 rings (SSSR count). The molecule has 0 saturated carbocycles. The molecule has 0 spiro atoms. The van der Waals surface area contributed by atoms with E-state index in [2.05, 4.69) is 16.5 Å². The summed E-state index contributed by atoms with van der Waals surface area (Å²) in [6.07, 6.45) is 11.1. The molecule has 0 unspecified atom stereocenters. The van der Waals surface area contributed by atoms with E-state index in [-0.39, 0.29) is 11.5 Å². The molecular formula is C33H33N3O4. The van der Waals surface area contributed by atoms with Crippen LogP contribution in [0, 0.1) is 0 Å². The first-order valence-corrected chi connectivity index (χ1v) is 14.0. The van der Waals surface area contributed by atoms with Crippen LogP contribution >= 0.6 is 0 Å². The molecule has 7 heteroatoms. The van der Waals surface area contributed by atoms with Crippen molar-refractivity contribution in [3.05, 3.63) is 94.1 Å². The number of aromatic carboxylic acids is 1. The van der Waals surface area contributed by atoms with Crippen LogP contribution in [0.4, 0.5) is 0 Å². The molecule has 1 aromatic heterocycles. The Morgan fingerprint density at radius 2 is 1.82 bits per heavy atom. The van der Waals surface area contributed by atoms with Crippen molar-refractivity contribution in [3.8, 4) is 11.1 Å². The van der Waals surface area contributed by atoms with Gasteiger partial charge in [0.05, 0.1) is 22.7 Å². The van der Waals surface area contributed by atoms with Crippen molar-refractivity contribution in [2.24, 2.45) is 4.99 Å². The van der Waals surface area contributed by atoms with Gasteiger partial charge in [-0.25, -0.2) is 14.8 Å². The highest BCUT2D eigenvalue weighted by molar-refractivity contribution is 6.12. The van der Waals surface area contributed by atoms with Crippen LogP contribution in [-0.2, 0) is 29.0 Å². The van der Waals surface area contributed by atoms with Crippen LogP contribution in [0.1, 0.15) is 78.6 Å². The standard InChI is InChI=1S/C33H33N3O4/c1-2-3-12-31-35-29-18-17-25(34-32(38)27-10-5-4-8-24(27)21-37)19-30(29)36(31)20-22-13-15-23(16-14-22)26-9-6-7-11-28(26)33(39)40/h6-7,9,11,13-18,21H,2-5,8,10,12,19-20H2,1H3,(H,39,40). The zero-order chi connectivity index (χ0) is 28.1. The smallest absolute Gasteiger partial charge is 0.336 e. The number of nitrogens with zero attached hydrogens (tertiary/aromatic N) is 3. The van der Waals surface area contributed by atoms with Gasteiger partial charge in [-0.3, -0.25) is 9.59 Å². The molecule has 0 saturated heterocycles. The molecule has 2 aliphatic rings. The molecule has 204 valence electrons. The second-order valence-electron chi connectivity index (χ2n) is 10.3. The number of aryl methyl sites for hydroxylation is 1. The van der Waals surface area contributed by atoms with Crippen molar-refractivity contribution in [3.63, 3.8) is 0 Å². The van der Waals surface area contributed by atoms with Gasteiger partial charge in [-0.05, 0) is 67.0 Å². The first-order chi connectivity index (χ1) is 19.5. The highest BCUT2D eigenvalue weighted by atomic mass is 16.4. The molecule has 0 radical (unpaired) electrons. The van der Waals surface area contributed by atoms with E-state index in [1.165, 1.54) is 0 Å². The molecule has 1 amide bonds. The molecule has 40 heavy (non-hydrogen) atoms. The van der Waals surface area contributed by atoms with Crippen molar-refractivity contribution < 1.29 is 19.5 Å². The number of hydrogen-bond acceptors (Lipinski definition) is 4. The van der Waals surface area contributed by atoms with Gasteiger partial charge in [-0.15, -0.1) is 0 Å². The molecule has 2 aliphatic carbocycles. The topological polar surface area (TPSA) is 102 Å². The van der Waals surface area contributed by atoms with Crippen LogP contribution in [0.5, 0.6) is 0 Å². The minimum Gasteiger partial charge on any atom is -0.478 e. The molecule has 0 fully saturated rings. The summed E-state index contributed by atoms with van der Waals surface area (Å²) in [4.78, 5) is 45.5. The van der Waals surface area contributed by atoms with E-state index >= 15 is 0 Å². The van der Waals surface area contributed by atoms with Crippen LogP contribution in [0.2, 0.25) is 0 Å². The number of aromatic nitrogens is 2. The summed E-state index contributed by atoms with van der Waals surface area (Å²) in [5, 5.41) is 9.58. The lowest BCUT2D eigenvalue weighted by Crippen LogP contribution is -2.16. The number of aliphatic imine (C=N–C) groups is 1. The SMILES string of the molecule is CCCCc1nc2c(n1Cc1ccc(-c3ccccc3C(=O)O)cc1)CC(=NC(=O)C1=C(C=O)CCCC1)C=C2. The Kier molecular flexibility index (Phi) is 8.29. The van der Waals surface area contributed by atoms with Crippen LogP contribution in [0.3, 0.4) is 0 Å². The van der Waals surface area contributed by atoms with E-state index in [1.54, 1.807) is 12.1 Å². The number of fused-ring (bicyclic) bond motifs is 1. The van der Waals surface area contributed by atoms with Crippen LogP contribution in [0.25, 0.3) is 17.2 Å². The highest BCUT2D eigenvalue weighted by Gasteiger charge is 2.23. The summed E-state index contributed by atoms with van der Waals surface area (Å²) in [6, 6.07) is 15.0. The molecule has 1 heterocycles. The number of carboxylic acid groups (broad SMARTS) is 1. The Labute approximate surface area is 234 Å². The minimum absolute atomic E-state index is 0.276. The zero-order valence-electron chi connectivity index (χ0n) is 22.7. The van der Waals surface area contributed by atoms with Crippen LogP contribution in [0.15, 0.2) is 70.7 Å². The third kappa shape index (κ3) is 5.78. The van der Waals surface area contributed by atoms with Crippen molar-refractivity contribution >= 4 is 30.0 Å². The Bertz CT molecular complexity index is 1540. The summed E-state index contributed by atoms with van der Waals surface area (Å²) in [7, 11) is 0. The second-order valence-corrected chi connectivity index (χ2v) is 10.3. The van der Waals surface area contributed by atoms with Crippen molar-refractivity contribution in [2.75, 3.05) is 0 Å². The van der Waals surface area contributed by atoms with E-state index in [1.807, 2.05) is 48.6 Å². The molecule has 1 N–H and O–H groups in total. The molecule has 0 bridgehead atoms. The average molecular weight is 536 g/mol. The normalized spacial score (nSPS) is 15.8. The fraction of sp³-hybridized carbons (Fsp3) is 0.303. The zero-order valence-corrected chi connectivity index (χ0v) is 22.7. The van der Waals surface area contributed by atoms with E-state index < -0.39 is 5.97 Å². The van der Waals surface area contributed by atoms with E-state index in [0.717, 1.165) is 66.7 Å². The number of allylic oxidation sites excluding steroid dienone is 2. The van der Waals surface area contributed by atoms with Gasteiger partial charge in [0.2, 0.25) is 0 Å². The maximum absolute atomic E-state index is 13.0. The Morgan fingerprint density at radius 1 is 1.05 bits per heavy atom. The number of aldehydes is 1. The van der Waals surface area contributed by atoms with E-state index in [9.17, 15) is 19.5 Å². The van der Waals surface area contributed by atoms with Crippen molar-refractivity contribution in [2.45, 2.75) is 64.8 Å². The Balaban J connectivity index is 1.43. The molecule has 0 aliphatic heterocycles. The van der Waals surface area contributed by atoms with Gasteiger partial charge in [0.15, 0.2) is 0 Å². The fourth-order valence-electron chi connectivity index (χ4n) is 5.47. The largest absolute Gasteiger partial charge is 0.478 e. The average Bonchev–Trinajstić information content (AvgIpc) is 3.32. The van der Waals surface area contributed by atoms with E-state index in [0.29, 0.717) is 48.2 Å². The maximum atomic E-state index is 13.0. The first kappa shape index (κ1) is 27.2. The number of benzene rings is 2. The van der Waals surface area contributed by atoms with Crippen LogP contribution in [-0.4, -0.2) is 38.5 Å². The number of unbranched alkanes of at least 4 members (excludes halogenated alkanes) is 1. The summed E-state index contributed by atoms with van der Waals surface area (Å²) in [5.41, 5.74) is 6.61. The lowest BCUT2D eigenvalue weighted by Gasteiger charge is -2.16. The van der Waals surface area contributed by atoms with Gasteiger partial charge in [-0.2, -0.15) is 0 Å². The number of amides is 1. The number of hydrogen-bond donors (Lipinski definition) is 1. The number of carbonyl (C=O) groups is 3. The van der Waals surface area contributed by atoms with Gasteiger partial charge < -0.3 is 9.67 Å². The predicted octanol–water partition coefficient (Wildman–Crippen LogP) is 6.25. The molecule has 0 atom stereocenters. The van der Waals surface area contributed by atoms with Crippen LogP contribution < -0.4 is 0 Å². The third-order valence-corrected chi connectivity index (χ3v) is 7.64. The lowest BCUT2D eigenvalue weighted by atomic mass is 9.92. The summed E-state index contributed by atoms with van der Waals surface area (Å²) >= 11 is 0. The van der Waals surface area contributed by atoms with Gasteiger partial charge in [0, 0.05) is 30.5 Å². The first-order valence-electron chi connectivity index (χ1n) is 14.0. The molecule has 3 aromatic rings. The monoisotopic (exact) mass is 535 g/mol.